The second-order valence-electron chi connectivity index (χ2n) is 7.04. The van der Waals surface area contributed by atoms with Gasteiger partial charge in [0.2, 0.25) is 15.9 Å². The fourth-order valence-corrected chi connectivity index (χ4v) is 5.34. The molecule has 1 atom stereocenters. The van der Waals surface area contributed by atoms with Crippen LogP contribution < -0.4 is 0 Å². The number of benzene rings is 1. The Balaban J connectivity index is 2.16. The van der Waals surface area contributed by atoms with Gasteiger partial charge in [0.05, 0.1) is 11.4 Å². The predicted octanol–water partition coefficient (Wildman–Crippen LogP) is 1.70. The van der Waals surface area contributed by atoms with Crippen molar-refractivity contribution in [3.63, 3.8) is 0 Å². The molecule has 1 unspecified atom stereocenters. The Morgan fingerprint density at radius 2 is 1.72 bits per heavy atom. The van der Waals surface area contributed by atoms with Crippen molar-refractivity contribution in [3.8, 4) is 0 Å². The summed E-state index contributed by atoms with van der Waals surface area (Å²) in [5, 5.41) is 9.66. The summed E-state index contributed by atoms with van der Waals surface area (Å²) in [7, 11) is -3.96. The number of aliphatic carboxylic acids is 1. The molecule has 1 aliphatic rings. The molecule has 0 aliphatic carbocycles. The molecule has 29 heavy (non-hydrogen) atoms. The van der Waals surface area contributed by atoms with Gasteiger partial charge in [-0.1, -0.05) is 13.8 Å². The molecule has 1 aromatic carbocycles. The van der Waals surface area contributed by atoms with Crippen LogP contribution in [-0.4, -0.2) is 84.8 Å². The maximum atomic E-state index is 13.0. The third-order valence-electron chi connectivity index (χ3n) is 4.83. The van der Waals surface area contributed by atoms with Crippen LogP contribution in [0.25, 0.3) is 0 Å². The first kappa shape index (κ1) is 24.0. The molecule has 8 nitrogen and oxygen atoms in total. The largest absolute Gasteiger partial charge is 0.480 e. The number of hydrogen-bond acceptors (Lipinski definition) is 5. The lowest BCUT2D eigenvalue weighted by atomic mass is 10.2. The van der Waals surface area contributed by atoms with E-state index < -0.39 is 22.0 Å². The Morgan fingerprint density at radius 1 is 1.14 bits per heavy atom. The quantitative estimate of drug-likeness (QED) is 0.482. The van der Waals surface area contributed by atoms with E-state index in [2.05, 4.69) is 22.6 Å². The lowest BCUT2D eigenvalue weighted by molar-refractivity contribution is -0.146. The molecule has 1 saturated heterocycles. The molecule has 0 saturated carbocycles. The molecule has 0 spiro atoms. The number of halogens is 1. The number of carbonyl (C=O) groups is 2. The summed E-state index contributed by atoms with van der Waals surface area (Å²) in [5.41, 5.74) is 0. The second kappa shape index (κ2) is 10.7. The molecule has 1 aliphatic heterocycles. The van der Waals surface area contributed by atoms with E-state index in [0.717, 1.165) is 33.8 Å². The van der Waals surface area contributed by atoms with Crippen LogP contribution >= 0.6 is 22.6 Å². The summed E-state index contributed by atoms with van der Waals surface area (Å²) in [6.45, 7) is 5.88. The minimum absolute atomic E-state index is 0.0431. The molecule has 2 rings (SSSR count). The molecule has 1 amide bonds. The predicted molar refractivity (Wildman–Crippen MR) is 118 cm³/mol. The fourth-order valence-electron chi connectivity index (χ4n) is 3.42. The Bertz CT molecular complexity index is 810. The van der Waals surface area contributed by atoms with Gasteiger partial charge in [-0.3, -0.25) is 14.5 Å². The van der Waals surface area contributed by atoms with E-state index in [1.807, 2.05) is 18.7 Å². The van der Waals surface area contributed by atoms with Crippen LogP contribution in [0, 0.1) is 3.57 Å². The Kier molecular flexibility index (Phi) is 8.86. The van der Waals surface area contributed by atoms with Crippen LogP contribution in [0.4, 0.5) is 0 Å². The monoisotopic (exact) mass is 537 g/mol. The number of piperazine rings is 1. The normalized spacial score (nSPS) is 18.2. The molecule has 10 heteroatoms. The molecule has 1 N–H and O–H groups in total. The lowest BCUT2D eigenvalue weighted by Gasteiger charge is -2.39. The Labute approximate surface area is 186 Å². The third kappa shape index (κ3) is 6.12. The molecular formula is C19H28IN3O5S. The maximum absolute atomic E-state index is 13.0. The molecule has 162 valence electrons. The Hall–Kier alpha value is -1.24. The van der Waals surface area contributed by atoms with E-state index in [9.17, 15) is 23.1 Å². The standard InChI is InChI=1S/C19H28IN3O5S/c1-3-9-21(10-4-2)14-18(24)22-11-12-23(17(13-22)19(25)26)29(27,28)16-7-5-15(20)6-8-16/h5-8,17H,3-4,9-14H2,1-2H3,(H,25,26). The number of carbonyl (C=O) groups excluding carboxylic acids is 1. The first-order chi connectivity index (χ1) is 13.7. The molecule has 0 radical (unpaired) electrons. The summed E-state index contributed by atoms with van der Waals surface area (Å²) < 4.78 is 27.9. The van der Waals surface area contributed by atoms with E-state index in [0.29, 0.717) is 0 Å². The number of rotatable bonds is 9. The highest BCUT2D eigenvalue weighted by molar-refractivity contribution is 14.1. The zero-order chi connectivity index (χ0) is 21.6. The van der Waals surface area contributed by atoms with Crippen molar-refractivity contribution in [2.75, 3.05) is 39.3 Å². The van der Waals surface area contributed by atoms with Gasteiger partial charge in [0.15, 0.2) is 0 Å². The second-order valence-corrected chi connectivity index (χ2v) is 10.2. The number of amides is 1. The van der Waals surface area contributed by atoms with Crippen molar-refractivity contribution < 1.29 is 23.1 Å². The average Bonchev–Trinajstić information content (AvgIpc) is 2.68. The van der Waals surface area contributed by atoms with Crippen LogP contribution in [-0.2, 0) is 19.6 Å². The van der Waals surface area contributed by atoms with E-state index in [1.54, 1.807) is 12.1 Å². The molecule has 1 aromatic rings. The summed E-state index contributed by atoms with van der Waals surface area (Å²) >= 11 is 2.07. The van der Waals surface area contributed by atoms with Gasteiger partial charge >= 0.3 is 5.97 Å². The maximum Gasteiger partial charge on any atom is 0.323 e. The minimum Gasteiger partial charge on any atom is -0.480 e. The summed E-state index contributed by atoms with van der Waals surface area (Å²) in [6, 6.07) is 4.97. The summed E-state index contributed by atoms with van der Waals surface area (Å²) in [4.78, 5) is 28.1. The molecule has 0 aromatic heterocycles. The number of sulfonamides is 1. The van der Waals surface area contributed by atoms with Gasteiger partial charge in [0, 0.05) is 23.2 Å². The topological polar surface area (TPSA) is 98.2 Å². The molecule has 1 fully saturated rings. The van der Waals surface area contributed by atoms with E-state index >= 15 is 0 Å². The molecule has 1 heterocycles. The smallest absolute Gasteiger partial charge is 0.323 e. The summed E-state index contributed by atoms with van der Waals surface area (Å²) in [5.74, 6) is -1.42. The number of carboxylic acid groups (broad SMARTS) is 1. The van der Waals surface area contributed by atoms with Crippen molar-refractivity contribution in [2.24, 2.45) is 0 Å². The highest BCUT2D eigenvalue weighted by Crippen LogP contribution is 2.23. The lowest BCUT2D eigenvalue weighted by Crippen LogP contribution is -2.60. The van der Waals surface area contributed by atoms with E-state index in [-0.39, 0.29) is 37.0 Å². The average molecular weight is 537 g/mol. The van der Waals surface area contributed by atoms with Crippen LogP contribution in [0.5, 0.6) is 0 Å². The SMILES string of the molecule is CCCN(CCC)CC(=O)N1CCN(S(=O)(=O)c2ccc(I)cc2)C(C(=O)O)C1. The minimum atomic E-state index is -3.96. The van der Waals surface area contributed by atoms with Gasteiger partial charge in [0.1, 0.15) is 6.04 Å². The first-order valence-electron chi connectivity index (χ1n) is 9.71. The van der Waals surface area contributed by atoms with Gasteiger partial charge in [-0.25, -0.2) is 8.42 Å². The molecular weight excluding hydrogens is 509 g/mol. The fraction of sp³-hybridized carbons (Fsp3) is 0.579. The van der Waals surface area contributed by atoms with Gasteiger partial charge in [0.25, 0.3) is 0 Å². The number of nitrogens with zero attached hydrogens (tertiary/aromatic N) is 3. The summed E-state index contributed by atoms with van der Waals surface area (Å²) in [6.07, 6.45) is 1.85. The Morgan fingerprint density at radius 3 is 2.24 bits per heavy atom. The zero-order valence-electron chi connectivity index (χ0n) is 16.8. The van der Waals surface area contributed by atoms with Crippen molar-refractivity contribution in [2.45, 2.75) is 37.6 Å². The highest BCUT2D eigenvalue weighted by Gasteiger charge is 2.41. The van der Waals surface area contributed by atoms with Crippen LogP contribution in [0.1, 0.15) is 26.7 Å². The van der Waals surface area contributed by atoms with Crippen molar-refractivity contribution in [1.29, 1.82) is 0 Å². The first-order valence-corrected chi connectivity index (χ1v) is 12.2. The third-order valence-corrected chi connectivity index (χ3v) is 7.47. The van der Waals surface area contributed by atoms with Gasteiger partial charge in [-0.15, -0.1) is 0 Å². The van der Waals surface area contributed by atoms with Crippen molar-refractivity contribution >= 4 is 44.5 Å². The highest BCUT2D eigenvalue weighted by atomic mass is 127. The number of hydrogen-bond donors (Lipinski definition) is 1. The zero-order valence-corrected chi connectivity index (χ0v) is 19.7. The van der Waals surface area contributed by atoms with Gasteiger partial charge in [-0.2, -0.15) is 4.31 Å². The molecule has 0 bridgehead atoms. The van der Waals surface area contributed by atoms with Crippen LogP contribution in [0.2, 0.25) is 0 Å². The van der Waals surface area contributed by atoms with Gasteiger partial charge < -0.3 is 10.0 Å². The van der Waals surface area contributed by atoms with Crippen molar-refractivity contribution in [1.82, 2.24) is 14.1 Å². The van der Waals surface area contributed by atoms with Crippen molar-refractivity contribution in [3.05, 3.63) is 27.8 Å². The van der Waals surface area contributed by atoms with E-state index in [4.69, 9.17) is 0 Å². The van der Waals surface area contributed by atoms with Crippen LogP contribution in [0.15, 0.2) is 29.2 Å². The number of carboxylic acids is 1. The van der Waals surface area contributed by atoms with Gasteiger partial charge in [-0.05, 0) is 72.8 Å². The van der Waals surface area contributed by atoms with E-state index in [1.165, 1.54) is 17.0 Å². The van der Waals surface area contributed by atoms with Crippen LogP contribution in [0.3, 0.4) is 0 Å².